The zero-order valence-electron chi connectivity index (χ0n) is 42.5. The predicted molar refractivity (Wildman–Crippen MR) is 279 cm³/mol. The van der Waals surface area contributed by atoms with E-state index in [1.807, 2.05) is 0 Å². The van der Waals surface area contributed by atoms with Crippen molar-refractivity contribution >= 4 is 17.9 Å². The van der Waals surface area contributed by atoms with Gasteiger partial charge in [-0.3, -0.25) is 14.4 Å². The smallest absolute Gasteiger partial charge is 0.306 e. The Kier molecular flexibility index (Phi) is 50.4. The lowest BCUT2D eigenvalue weighted by Crippen LogP contribution is -2.30. The minimum absolute atomic E-state index is 0.0828. The summed E-state index contributed by atoms with van der Waals surface area (Å²) in [5, 5.41) is 0. The van der Waals surface area contributed by atoms with Crippen molar-refractivity contribution in [1.82, 2.24) is 0 Å². The van der Waals surface area contributed by atoms with Gasteiger partial charge in [0.25, 0.3) is 0 Å². The van der Waals surface area contributed by atoms with E-state index in [2.05, 4.69) is 106 Å². The van der Waals surface area contributed by atoms with Crippen molar-refractivity contribution in [2.75, 3.05) is 13.2 Å². The first-order valence-electron chi connectivity index (χ1n) is 27.1. The van der Waals surface area contributed by atoms with Crippen LogP contribution in [0.4, 0.5) is 0 Å². The van der Waals surface area contributed by atoms with Gasteiger partial charge in [0.1, 0.15) is 13.2 Å². The second-order valence-electron chi connectivity index (χ2n) is 17.8. The van der Waals surface area contributed by atoms with Gasteiger partial charge in [0.15, 0.2) is 6.10 Å². The zero-order valence-corrected chi connectivity index (χ0v) is 42.5. The van der Waals surface area contributed by atoms with Crippen LogP contribution in [0.15, 0.2) is 85.1 Å². The van der Waals surface area contributed by atoms with Crippen molar-refractivity contribution in [3.8, 4) is 0 Å². The highest BCUT2D eigenvalue weighted by molar-refractivity contribution is 5.71. The van der Waals surface area contributed by atoms with Crippen LogP contribution >= 0.6 is 0 Å². The summed E-state index contributed by atoms with van der Waals surface area (Å²) in [6, 6.07) is 0. The Labute approximate surface area is 401 Å². The van der Waals surface area contributed by atoms with Gasteiger partial charge in [-0.2, -0.15) is 0 Å². The molecule has 65 heavy (non-hydrogen) atoms. The molecule has 0 heterocycles. The van der Waals surface area contributed by atoms with Crippen LogP contribution in [-0.2, 0) is 28.6 Å². The molecule has 0 aromatic rings. The lowest BCUT2D eigenvalue weighted by atomic mass is 10.1. The summed E-state index contributed by atoms with van der Waals surface area (Å²) in [5.74, 6) is -0.905. The van der Waals surface area contributed by atoms with Crippen LogP contribution in [0.2, 0.25) is 0 Å². The SMILES string of the molecule is CC/C=C\C/C=C\C/C=C\C/C=C\C/C=C\CCCCCCCCCCCC(=O)OCC(COC(=O)CCCCCCCCCCC)OC(=O)CCCCCCC/C=C\C/C=C\CCC. The highest BCUT2D eigenvalue weighted by atomic mass is 16.6. The van der Waals surface area contributed by atoms with Crippen LogP contribution in [-0.4, -0.2) is 37.2 Å². The van der Waals surface area contributed by atoms with E-state index >= 15 is 0 Å². The number of allylic oxidation sites excluding steroid dienone is 14. The van der Waals surface area contributed by atoms with Crippen LogP contribution < -0.4 is 0 Å². The Balaban J connectivity index is 4.25. The summed E-state index contributed by atoms with van der Waals surface area (Å²) in [5.41, 5.74) is 0. The van der Waals surface area contributed by atoms with E-state index in [1.165, 1.54) is 83.5 Å². The number of rotatable bonds is 48. The van der Waals surface area contributed by atoms with Crippen molar-refractivity contribution in [3.63, 3.8) is 0 Å². The molecule has 6 nitrogen and oxygen atoms in total. The number of carbonyl (C=O) groups is 3. The molecule has 0 N–H and O–H groups in total. The Morgan fingerprint density at radius 3 is 1.00 bits per heavy atom. The largest absolute Gasteiger partial charge is 0.462 e. The third kappa shape index (κ3) is 51.4. The van der Waals surface area contributed by atoms with Crippen molar-refractivity contribution in [2.24, 2.45) is 0 Å². The number of carbonyl (C=O) groups excluding carboxylic acids is 3. The minimum Gasteiger partial charge on any atom is -0.462 e. The lowest BCUT2D eigenvalue weighted by Gasteiger charge is -2.18. The molecule has 0 aromatic heterocycles. The van der Waals surface area contributed by atoms with Crippen LogP contribution in [0.25, 0.3) is 0 Å². The van der Waals surface area contributed by atoms with Crippen molar-refractivity contribution in [3.05, 3.63) is 85.1 Å². The van der Waals surface area contributed by atoms with E-state index in [9.17, 15) is 14.4 Å². The maximum absolute atomic E-state index is 12.8. The van der Waals surface area contributed by atoms with Crippen LogP contribution in [0.1, 0.15) is 252 Å². The molecule has 0 bridgehead atoms. The monoisotopic (exact) mass is 905 g/mol. The maximum atomic E-state index is 12.8. The third-order valence-corrected chi connectivity index (χ3v) is 11.4. The molecule has 0 saturated heterocycles. The molecule has 0 aliphatic carbocycles. The molecule has 0 aliphatic rings. The van der Waals surface area contributed by atoms with Crippen molar-refractivity contribution in [2.45, 2.75) is 258 Å². The second-order valence-corrected chi connectivity index (χ2v) is 17.8. The zero-order chi connectivity index (χ0) is 47.2. The number of hydrogen-bond acceptors (Lipinski definition) is 6. The highest BCUT2D eigenvalue weighted by Gasteiger charge is 2.19. The molecule has 1 unspecified atom stereocenters. The summed E-state index contributed by atoms with van der Waals surface area (Å²) in [4.78, 5) is 37.9. The standard InChI is InChI=1S/C59H100O6/c1-4-7-10-13-16-19-21-23-24-25-26-27-28-29-30-31-32-33-34-36-37-40-43-46-49-52-58(61)64-55-56(54-63-57(60)51-48-45-42-39-18-15-12-9-6-3)65-59(62)53-50-47-44-41-38-35-22-20-17-14-11-8-5-2/h7,10-11,14,16,19-20,22-24,26-27,29-30,56H,4-6,8-9,12-13,15,17-18,21,25,28,31-55H2,1-3H3/b10-7-,14-11-,19-16-,22-20-,24-23-,27-26-,30-29-. The van der Waals surface area contributed by atoms with Crippen LogP contribution in [0.5, 0.6) is 0 Å². The molecule has 0 amide bonds. The van der Waals surface area contributed by atoms with Gasteiger partial charge in [0.05, 0.1) is 0 Å². The van der Waals surface area contributed by atoms with Crippen LogP contribution in [0.3, 0.4) is 0 Å². The predicted octanol–water partition coefficient (Wildman–Crippen LogP) is 18.0. The number of hydrogen-bond donors (Lipinski definition) is 0. The molecule has 0 spiro atoms. The first kappa shape index (κ1) is 61.6. The van der Waals surface area contributed by atoms with E-state index in [0.29, 0.717) is 19.3 Å². The third-order valence-electron chi connectivity index (χ3n) is 11.4. The van der Waals surface area contributed by atoms with Gasteiger partial charge in [-0.15, -0.1) is 0 Å². The average Bonchev–Trinajstić information content (AvgIpc) is 3.30. The fourth-order valence-corrected chi connectivity index (χ4v) is 7.33. The molecule has 372 valence electrons. The number of esters is 3. The van der Waals surface area contributed by atoms with Gasteiger partial charge in [0, 0.05) is 19.3 Å². The van der Waals surface area contributed by atoms with E-state index in [4.69, 9.17) is 14.2 Å². The summed E-state index contributed by atoms with van der Waals surface area (Å²) in [7, 11) is 0. The molecule has 0 aliphatic heterocycles. The van der Waals surface area contributed by atoms with E-state index in [-0.39, 0.29) is 31.1 Å². The van der Waals surface area contributed by atoms with Gasteiger partial charge in [-0.05, 0) is 89.9 Å². The Bertz CT molecular complexity index is 1270. The fraction of sp³-hybridized carbons (Fsp3) is 0.712. The first-order chi connectivity index (χ1) is 32.0. The van der Waals surface area contributed by atoms with E-state index < -0.39 is 6.10 Å². The normalized spacial score (nSPS) is 12.7. The molecular weight excluding hydrogens is 805 g/mol. The maximum Gasteiger partial charge on any atom is 0.306 e. The molecule has 1 atom stereocenters. The Morgan fingerprint density at radius 1 is 0.323 bits per heavy atom. The highest BCUT2D eigenvalue weighted by Crippen LogP contribution is 2.15. The van der Waals surface area contributed by atoms with Crippen LogP contribution in [0, 0.1) is 0 Å². The lowest BCUT2D eigenvalue weighted by molar-refractivity contribution is -0.167. The summed E-state index contributed by atoms with van der Waals surface area (Å²) in [6.07, 6.45) is 68.6. The number of unbranched alkanes of at least 4 members (excludes halogenated alkanes) is 23. The van der Waals surface area contributed by atoms with Gasteiger partial charge in [-0.1, -0.05) is 228 Å². The molecule has 6 heteroatoms. The van der Waals surface area contributed by atoms with Gasteiger partial charge >= 0.3 is 17.9 Å². The summed E-state index contributed by atoms with van der Waals surface area (Å²) in [6.45, 7) is 6.42. The van der Waals surface area contributed by atoms with E-state index in [1.54, 1.807) is 0 Å². The summed E-state index contributed by atoms with van der Waals surface area (Å²) < 4.78 is 16.8. The van der Waals surface area contributed by atoms with Gasteiger partial charge < -0.3 is 14.2 Å². The molecule has 0 rings (SSSR count). The molecular formula is C59H100O6. The molecule has 0 aromatic carbocycles. The van der Waals surface area contributed by atoms with Crippen molar-refractivity contribution < 1.29 is 28.6 Å². The van der Waals surface area contributed by atoms with E-state index in [0.717, 1.165) is 128 Å². The Hall–Kier alpha value is -3.41. The van der Waals surface area contributed by atoms with Gasteiger partial charge in [0.2, 0.25) is 0 Å². The minimum atomic E-state index is -0.783. The molecule has 0 fully saturated rings. The second kappa shape index (κ2) is 53.2. The quantitative estimate of drug-likeness (QED) is 0.0262. The van der Waals surface area contributed by atoms with Gasteiger partial charge in [-0.25, -0.2) is 0 Å². The van der Waals surface area contributed by atoms with Crippen molar-refractivity contribution in [1.29, 1.82) is 0 Å². The molecule has 0 radical (unpaired) electrons. The number of ether oxygens (including phenoxy) is 3. The fourth-order valence-electron chi connectivity index (χ4n) is 7.33. The Morgan fingerprint density at radius 2 is 0.631 bits per heavy atom. The first-order valence-corrected chi connectivity index (χ1v) is 27.1. The topological polar surface area (TPSA) is 78.9 Å². The molecule has 0 saturated carbocycles. The summed E-state index contributed by atoms with van der Waals surface area (Å²) >= 11 is 0. The average molecular weight is 905 g/mol.